The van der Waals surface area contributed by atoms with Crippen molar-refractivity contribution in [2.75, 3.05) is 13.2 Å². The minimum Gasteiger partial charge on any atom is -0.381 e. The van der Waals surface area contributed by atoms with E-state index in [1.807, 2.05) is 12.5 Å². The second-order valence-electron chi connectivity index (χ2n) is 4.05. The molecule has 14 heavy (non-hydrogen) atoms. The monoisotopic (exact) mass is 196 g/mol. The van der Waals surface area contributed by atoms with E-state index in [-0.39, 0.29) is 0 Å². The molecule has 1 aromatic rings. The van der Waals surface area contributed by atoms with Crippen LogP contribution in [0.15, 0.2) is 12.5 Å². The fourth-order valence-corrected chi connectivity index (χ4v) is 1.28. The van der Waals surface area contributed by atoms with Crippen molar-refractivity contribution < 1.29 is 4.74 Å². The SMILES string of the molecule is Cc1cncn1CCCOCC(C)C. The average molecular weight is 196 g/mol. The largest absolute Gasteiger partial charge is 0.381 e. The van der Waals surface area contributed by atoms with Crippen LogP contribution in [0.4, 0.5) is 0 Å². The van der Waals surface area contributed by atoms with Gasteiger partial charge in [-0.1, -0.05) is 13.8 Å². The highest BCUT2D eigenvalue weighted by atomic mass is 16.5. The number of hydrogen-bond donors (Lipinski definition) is 0. The van der Waals surface area contributed by atoms with Gasteiger partial charge in [-0.05, 0) is 19.3 Å². The fourth-order valence-electron chi connectivity index (χ4n) is 1.28. The quantitative estimate of drug-likeness (QED) is 0.652. The van der Waals surface area contributed by atoms with Crippen LogP contribution in [-0.4, -0.2) is 22.8 Å². The van der Waals surface area contributed by atoms with Crippen molar-refractivity contribution in [3.63, 3.8) is 0 Å². The molecule has 0 aliphatic carbocycles. The predicted octanol–water partition coefficient (Wildman–Crippen LogP) is 2.25. The zero-order chi connectivity index (χ0) is 10.4. The first-order chi connectivity index (χ1) is 6.70. The predicted molar refractivity (Wildman–Crippen MR) is 57.2 cm³/mol. The average Bonchev–Trinajstić information content (AvgIpc) is 2.51. The Kier molecular flexibility index (Phi) is 4.66. The lowest BCUT2D eigenvalue weighted by Crippen LogP contribution is -2.06. The van der Waals surface area contributed by atoms with Gasteiger partial charge >= 0.3 is 0 Å². The Balaban J connectivity index is 2.08. The van der Waals surface area contributed by atoms with Crippen molar-refractivity contribution in [3.05, 3.63) is 18.2 Å². The molecule has 0 spiro atoms. The van der Waals surface area contributed by atoms with E-state index in [1.54, 1.807) is 0 Å². The molecule has 1 heterocycles. The molecule has 0 saturated carbocycles. The Morgan fingerprint density at radius 1 is 1.50 bits per heavy atom. The third kappa shape index (κ3) is 3.92. The Labute approximate surface area is 86.1 Å². The van der Waals surface area contributed by atoms with Crippen molar-refractivity contribution in [1.82, 2.24) is 9.55 Å². The van der Waals surface area contributed by atoms with Crippen LogP contribution in [0.3, 0.4) is 0 Å². The summed E-state index contributed by atoms with van der Waals surface area (Å²) in [5.41, 5.74) is 1.22. The molecule has 0 radical (unpaired) electrons. The summed E-state index contributed by atoms with van der Waals surface area (Å²) in [6.07, 6.45) is 4.82. The number of aromatic nitrogens is 2. The maximum Gasteiger partial charge on any atom is 0.0948 e. The molecule has 0 aromatic carbocycles. The molecule has 0 fully saturated rings. The summed E-state index contributed by atoms with van der Waals surface area (Å²) in [5.74, 6) is 0.630. The topological polar surface area (TPSA) is 27.1 Å². The van der Waals surface area contributed by atoms with Gasteiger partial charge in [0.05, 0.1) is 6.33 Å². The minimum atomic E-state index is 0.630. The molecule has 3 heteroatoms. The van der Waals surface area contributed by atoms with Crippen LogP contribution in [0, 0.1) is 12.8 Å². The molecular weight excluding hydrogens is 176 g/mol. The van der Waals surface area contributed by atoms with E-state index in [2.05, 4.69) is 30.3 Å². The summed E-state index contributed by atoms with van der Waals surface area (Å²) in [7, 11) is 0. The van der Waals surface area contributed by atoms with Crippen molar-refractivity contribution in [2.45, 2.75) is 33.7 Å². The van der Waals surface area contributed by atoms with Gasteiger partial charge in [-0.2, -0.15) is 0 Å². The van der Waals surface area contributed by atoms with Crippen LogP contribution in [-0.2, 0) is 11.3 Å². The van der Waals surface area contributed by atoms with Crippen LogP contribution in [0.1, 0.15) is 26.0 Å². The first kappa shape index (κ1) is 11.2. The Morgan fingerprint density at radius 3 is 2.86 bits per heavy atom. The van der Waals surface area contributed by atoms with Gasteiger partial charge in [-0.25, -0.2) is 4.98 Å². The highest BCUT2D eigenvalue weighted by Crippen LogP contribution is 1.99. The normalized spacial score (nSPS) is 11.1. The van der Waals surface area contributed by atoms with Crippen LogP contribution < -0.4 is 0 Å². The molecule has 0 bridgehead atoms. The fraction of sp³-hybridized carbons (Fsp3) is 0.727. The summed E-state index contributed by atoms with van der Waals surface area (Å²) in [5, 5.41) is 0. The van der Waals surface area contributed by atoms with Gasteiger partial charge in [0.15, 0.2) is 0 Å². The van der Waals surface area contributed by atoms with Gasteiger partial charge in [0, 0.05) is 31.6 Å². The lowest BCUT2D eigenvalue weighted by atomic mass is 10.2. The first-order valence-corrected chi connectivity index (χ1v) is 5.24. The molecule has 0 aliphatic heterocycles. The zero-order valence-electron chi connectivity index (χ0n) is 9.36. The number of aryl methyl sites for hydroxylation is 2. The van der Waals surface area contributed by atoms with Crippen LogP contribution in [0.2, 0.25) is 0 Å². The number of hydrogen-bond acceptors (Lipinski definition) is 2. The van der Waals surface area contributed by atoms with E-state index in [0.717, 1.165) is 26.2 Å². The highest BCUT2D eigenvalue weighted by Gasteiger charge is 1.97. The molecule has 1 aromatic heterocycles. The summed E-state index contributed by atoms with van der Waals surface area (Å²) in [6.45, 7) is 9.12. The summed E-state index contributed by atoms with van der Waals surface area (Å²) >= 11 is 0. The van der Waals surface area contributed by atoms with E-state index >= 15 is 0 Å². The highest BCUT2D eigenvalue weighted by molar-refractivity contribution is 4.93. The van der Waals surface area contributed by atoms with Gasteiger partial charge in [0.1, 0.15) is 0 Å². The number of imidazole rings is 1. The van der Waals surface area contributed by atoms with Crippen LogP contribution >= 0.6 is 0 Å². The third-order valence-electron chi connectivity index (χ3n) is 2.06. The number of nitrogens with zero attached hydrogens (tertiary/aromatic N) is 2. The summed E-state index contributed by atoms with van der Waals surface area (Å²) < 4.78 is 7.65. The number of ether oxygens (including phenoxy) is 1. The maximum atomic E-state index is 5.50. The second-order valence-corrected chi connectivity index (χ2v) is 4.05. The van der Waals surface area contributed by atoms with Gasteiger partial charge in [0.25, 0.3) is 0 Å². The van der Waals surface area contributed by atoms with E-state index in [4.69, 9.17) is 4.74 Å². The van der Waals surface area contributed by atoms with Gasteiger partial charge in [-0.3, -0.25) is 0 Å². The lowest BCUT2D eigenvalue weighted by Gasteiger charge is -2.07. The van der Waals surface area contributed by atoms with E-state index in [9.17, 15) is 0 Å². The summed E-state index contributed by atoms with van der Waals surface area (Å²) in [6, 6.07) is 0. The maximum absolute atomic E-state index is 5.50. The molecule has 0 atom stereocenters. The smallest absolute Gasteiger partial charge is 0.0948 e. The standard InChI is InChI=1S/C11H20N2O/c1-10(2)8-14-6-4-5-13-9-12-7-11(13)3/h7,9-10H,4-6,8H2,1-3H3. The molecule has 0 saturated heterocycles. The van der Waals surface area contributed by atoms with E-state index in [0.29, 0.717) is 5.92 Å². The molecule has 0 N–H and O–H groups in total. The van der Waals surface area contributed by atoms with Crippen molar-refractivity contribution >= 4 is 0 Å². The van der Waals surface area contributed by atoms with Gasteiger partial charge in [0.2, 0.25) is 0 Å². The summed E-state index contributed by atoms with van der Waals surface area (Å²) in [4.78, 5) is 4.07. The third-order valence-corrected chi connectivity index (χ3v) is 2.06. The van der Waals surface area contributed by atoms with Crippen LogP contribution in [0.5, 0.6) is 0 Å². The molecule has 1 rings (SSSR count). The molecule has 3 nitrogen and oxygen atoms in total. The molecule has 0 aliphatic rings. The molecule has 0 amide bonds. The van der Waals surface area contributed by atoms with Crippen molar-refractivity contribution in [2.24, 2.45) is 5.92 Å². The minimum absolute atomic E-state index is 0.630. The first-order valence-electron chi connectivity index (χ1n) is 5.24. The Hall–Kier alpha value is -0.830. The molecule has 0 unspecified atom stereocenters. The van der Waals surface area contributed by atoms with Crippen molar-refractivity contribution in [1.29, 1.82) is 0 Å². The second kappa shape index (κ2) is 5.81. The van der Waals surface area contributed by atoms with Crippen molar-refractivity contribution in [3.8, 4) is 0 Å². The van der Waals surface area contributed by atoms with E-state index < -0.39 is 0 Å². The van der Waals surface area contributed by atoms with Crippen LogP contribution in [0.25, 0.3) is 0 Å². The van der Waals surface area contributed by atoms with E-state index in [1.165, 1.54) is 5.69 Å². The molecule has 80 valence electrons. The van der Waals surface area contributed by atoms with Gasteiger partial charge < -0.3 is 9.30 Å². The number of rotatable bonds is 6. The lowest BCUT2D eigenvalue weighted by molar-refractivity contribution is 0.105. The van der Waals surface area contributed by atoms with Gasteiger partial charge in [-0.15, -0.1) is 0 Å². The molecular formula is C11H20N2O. The zero-order valence-corrected chi connectivity index (χ0v) is 9.36. The Bertz CT molecular complexity index is 256. The Morgan fingerprint density at radius 2 is 2.29 bits per heavy atom.